The average Bonchev–Trinajstić information content (AvgIpc) is 2.77. The first-order valence-electron chi connectivity index (χ1n) is 10.3. The van der Waals surface area contributed by atoms with Crippen molar-refractivity contribution in [1.29, 1.82) is 0 Å². The first kappa shape index (κ1) is 21.5. The Balaban J connectivity index is 1.50. The van der Waals surface area contributed by atoms with Gasteiger partial charge in [-0.2, -0.15) is 0 Å². The number of nitrogens with zero attached hydrogens (tertiary/aromatic N) is 3. The molecule has 2 heterocycles. The molecular weight excluding hydrogens is 372 g/mol. The van der Waals surface area contributed by atoms with E-state index in [9.17, 15) is 4.79 Å². The van der Waals surface area contributed by atoms with Crippen LogP contribution in [0.4, 0.5) is 4.79 Å². The van der Waals surface area contributed by atoms with E-state index in [1.54, 1.807) is 21.3 Å². The van der Waals surface area contributed by atoms with E-state index in [1.807, 2.05) is 17.0 Å². The zero-order valence-electron chi connectivity index (χ0n) is 18.1. The quantitative estimate of drug-likeness (QED) is 0.775. The number of rotatable bonds is 6. The van der Waals surface area contributed by atoms with Crippen LogP contribution in [0.5, 0.6) is 17.2 Å². The third-order valence-corrected chi connectivity index (χ3v) is 5.97. The number of likely N-dealkylation sites (tertiary alicyclic amines) is 1. The zero-order valence-corrected chi connectivity index (χ0v) is 18.1. The van der Waals surface area contributed by atoms with E-state index in [0.29, 0.717) is 29.8 Å². The molecule has 0 aromatic heterocycles. The number of carbonyl (C=O) groups excluding carboxylic acids is 1. The number of carbonyl (C=O) groups is 1. The SMILES string of the molecule is COc1cc(CNC(=O)N2CCN(C3CCN(C)CC3)CC2)cc(OC)c1OC. The van der Waals surface area contributed by atoms with Gasteiger partial charge >= 0.3 is 6.03 Å². The molecule has 2 saturated heterocycles. The molecule has 3 rings (SSSR count). The Morgan fingerprint density at radius 2 is 1.55 bits per heavy atom. The summed E-state index contributed by atoms with van der Waals surface area (Å²) in [7, 11) is 6.94. The van der Waals surface area contributed by atoms with Crippen LogP contribution < -0.4 is 19.5 Å². The van der Waals surface area contributed by atoms with Crippen LogP contribution in [0.2, 0.25) is 0 Å². The van der Waals surface area contributed by atoms with Crippen LogP contribution in [-0.4, -0.2) is 94.4 Å². The number of methoxy groups -OCH3 is 3. The smallest absolute Gasteiger partial charge is 0.317 e. The normalized spacial score (nSPS) is 19.1. The fraction of sp³-hybridized carbons (Fsp3) is 0.667. The second kappa shape index (κ2) is 10.0. The summed E-state index contributed by atoms with van der Waals surface area (Å²) < 4.78 is 16.1. The molecule has 0 bridgehead atoms. The lowest BCUT2D eigenvalue weighted by atomic mass is 10.0. The Morgan fingerprint density at radius 1 is 0.966 bits per heavy atom. The molecule has 2 fully saturated rings. The number of amides is 2. The Morgan fingerprint density at radius 3 is 2.07 bits per heavy atom. The Bertz CT molecular complexity index is 658. The van der Waals surface area contributed by atoms with Crippen molar-refractivity contribution >= 4 is 6.03 Å². The van der Waals surface area contributed by atoms with Gasteiger partial charge in [-0.15, -0.1) is 0 Å². The minimum absolute atomic E-state index is 0.0261. The van der Waals surface area contributed by atoms with Crippen LogP contribution in [0.3, 0.4) is 0 Å². The zero-order chi connectivity index (χ0) is 20.8. The van der Waals surface area contributed by atoms with Crippen LogP contribution in [0.15, 0.2) is 12.1 Å². The lowest BCUT2D eigenvalue weighted by Gasteiger charge is -2.42. The molecule has 0 unspecified atom stereocenters. The number of ether oxygens (including phenoxy) is 3. The fourth-order valence-electron chi connectivity index (χ4n) is 4.18. The third kappa shape index (κ3) is 5.25. The van der Waals surface area contributed by atoms with Crippen molar-refractivity contribution < 1.29 is 19.0 Å². The van der Waals surface area contributed by atoms with E-state index >= 15 is 0 Å². The predicted octanol–water partition coefficient (Wildman–Crippen LogP) is 1.63. The predicted molar refractivity (Wildman–Crippen MR) is 112 cm³/mol. The molecule has 0 spiro atoms. The van der Waals surface area contributed by atoms with Gasteiger partial charge in [0.25, 0.3) is 0 Å². The van der Waals surface area contributed by atoms with Gasteiger partial charge in [0.2, 0.25) is 5.75 Å². The molecule has 8 heteroatoms. The molecule has 0 aliphatic carbocycles. The number of benzene rings is 1. The topological polar surface area (TPSA) is 66.5 Å². The van der Waals surface area contributed by atoms with E-state index in [1.165, 1.54) is 25.9 Å². The minimum atomic E-state index is -0.0261. The molecule has 29 heavy (non-hydrogen) atoms. The monoisotopic (exact) mass is 406 g/mol. The maximum Gasteiger partial charge on any atom is 0.317 e. The van der Waals surface area contributed by atoms with E-state index in [2.05, 4.69) is 22.2 Å². The summed E-state index contributed by atoms with van der Waals surface area (Å²) in [5.41, 5.74) is 0.901. The van der Waals surface area contributed by atoms with Crippen LogP contribution >= 0.6 is 0 Å². The van der Waals surface area contributed by atoms with Crippen molar-refractivity contribution in [2.75, 3.05) is 67.6 Å². The van der Waals surface area contributed by atoms with Gasteiger partial charge in [-0.05, 0) is 50.7 Å². The Hall–Kier alpha value is -2.19. The summed E-state index contributed by atoms with van der Waals surface area (Å²) >= 11 is 0. The standard InChI is InChI=1S/C21H34N4O4/c1-23-7-5-17(6-8-23)24-9-11-25(12-10-24)21(26)22-15-16-13-18(27-2)20(29-4)19(14-16)28-3/h13-14,17H,5-12,15H2,1-4H3,(H,22,26). The van der Waals surface area contributed by atoms with Crippen molar-refractivity contribution in [3.63, 3.8) is 0 Å². The van der Waals surface area contributed by atoms with Crippen molar-refractivity contribution in [2.24, 2.45) is 0 Å². The summed E-state index contributed by atoms with van der Waals surface area (Å²) in [6.07, 6.45) is 2.45. The van der Waals surface area contributed by atoms with Crippen LogP contribution in [-0.2, 0) is 6.54 Å². The molecule has 1 aromatic carbocycles. The van der Waals surface area contributed by atoms with Gasteiger partial charge in [-0.3, -0.25) is 4.90 Å². The summed E-state index contributed by atoms with van der Waals surface area (Å²) in [4.78, 5) is 19.5. The van der Waals surface area contributed by atoms with E-state index in [4.69, 9.17) is 14.2 Å². The number of hydrogen-bond acceptors (Lipinski definition) is 6. The van der Waals surface area contributed by atoms with Crippen molar-refractivity contribution in [1.82, 2.24) is 20.0 Å². The highest BCUT2D eigenvalue weighted by Crippen LogP contribution is 2.38. The fourth-order valence-corrected chi connectivity index (χ4v) is 4.18. The maximum absolute atomic E-state index is 12.6. The number of piperidine rings is 1. The van der Waals surface area contributed by atoms with E-state index in [0.717, 1.165) is 31.7 Å². The van der Waals surface area contributed by atoms with Gasteiger partial charge in [-0.1, -0.05) is 0 Å². The number of urea groups is 1. The molecule has 0 radical (unpaired) electrons. The molecule has 0 atom stereocenters. The lowest BCUT2D eigenvalue weighted by molar-refractivity contribution is 0.0749. The largest absolute Gasteiger partial charge is 0.493 e. The first-order valence-corrected chi connectivity index (χ1v) is 10.3. The molecule has 162 valence electrons. The maximum atomic E-state index is 12.6. The molecule has 2 aliphatic heterocycles. The molecule has 0 saturated carbocycles. The Kier molecular flexibility index (Phi) is 7.44. The van der Waals surface area contributed by atoms with Crippen molar-refractivity contribution in [2.45, 2.75) is 25.4 Å². The summed E-state index contributed by atoms with van der Waals surface area (Å²) in [5, 5.41) is 3.02. The number of piperazine rings is 1. The summed E-state index contributed by atoms with van der Waals surface area (Å²) in [5.74, 6) is 1.72. The number of nitrogens with one attached hydrogen (secondary N) is 1. The third-order valence-electron chi connectivity index (χ3n) is 5.97. The Labute approximate surface area is 173 Å². The van der Waals surface area contributed by atoms with Gasteiger partial charge in [0, 0.05) is 38.8 Å². The van der Waals surface area contributed by atoms with Gasteiger partial charge in [0.15, 0.2) is 11.5 Å². The summed E-state index contributed by atoms with van der Waals surface area (Å²) in [6, 6.07) is 4.36. The lowest BCUT2D eigenvalue weighted by Crippen LogP contribution is -2.55. The van der Waals surface area contributed by atoms with Gasteiger partial charge < -0.3 is 29.3 Å². The molecule has 1 N–H and O–H groups in total. The van der Waals surface area contributed by atoms with Gasteiger partial charge in [0.05, 0.1) is 21.3 Å². The van der Waals surface area contributed by atoms with Crippen LogP contribution in [0.25, 0.3) is 0 Å². The van der Waals surface area contributed by atoms with Gasteiger partial charge in [0.1, 0.15) is 0 Å². The molecule has 1 aromatic rings. The molecule has 2 aliphatic rings. The van der Waals surface area contributed by atoms with E-state index in [-0.39, 0.29) is 6.03 Å². The van der Waals surface area contributed by atoms with Crippen molar-refractivity contribution in [3.8, 4) is 17.2 Å². The average molecular weight is 407 g/mol. The highest BCUT2D eigenvalue weighted by atomic mass is 16.5. The molecule has 8 nitrogen and oxygen atoms in total. The van der Waals surface area contributed by atoms with Crippen molar-refractivity contribution in [3.05, 3.63) is 17.7 Å². The second-order valence-corrected chi connectivity index (χ2v) is 7.75. The minimum Gasteiger partial charge on any atom is -0.493 e. The second-order valence-electron chi connectivity index (χ2n) is 7.75. The number of hydrogen-bond donors (Lipinski definition) is 1. The molecular formula is C21H34N4O4. The van der Waals surface area contributed by atoms with Crippen LogP contribution in [0.1, 0.15) is 18.4 Å². The van der Waals surface area contributed by atoms with Gasteiger partial charge in [-0.25, -0.2) is 4.79 Å². The first-order chi connectivity index (χ1) is 14.0. The van der Waals surface area contributed by atoms with Crippen LogP contribution in [0, 0.1) is 0 Å². The highest BCUT2D eigenvalue weighted by Gasteiger charge is 2.28. The summed E-state index contributed by atoms with van der Waals surface area (Å²) in [6.45, 7) is 6.18. The van der Waals surface area contributed by atoms with E-state index < -0.39 is 0 Å². The molecule has 2 amide bonds. The highest BCUT2D eigenvalue weighted by molar-refractivity contribution is 5.74.